The summed E-state index contributed by atoms with van der Waals surface area (Å²) in [5, 5.41) is 3.35. The van der Waals surface area contributed by atoms with Gasteiger partial charge in [-0.3, -0.25) is 19.1 Å². The van der Waals surface area contributed by atoms with Gasteiger partial charge in [0.25, 0.3) is 5.56 Å². The summed E-state index contributed by atoms with van der Waals surface area (Å²) >= 11 is 5.90. The molecule has 0 saturated carbocycles. The normalized spacial score (nSPS) is 11.9. The molecule has 0 aliphatic carbocycles. The number of aromatic nitrogens is 2. The van der Waals surface area contributed by atoms with E-state index in [1.165, 1.54) is 12.3 Å². The molecule has 2 rings (SSSR count). The number of hydrogen-bond acceptors (Lipinski definition) is 3. The Bertz CT molecular complexity index is 766. The molecule has 1 atom stereocenters. The molecule has 0 saturated heterocycles. The Morgan fingerprint density at radius 3 is 2.81 bits per heavy atom. The number of rotatable bonds is 4. The van der Waals surface area contributed by atoms with Gasteiger partial charge in [-0.25, -0.2) is 4.79 Å². The van der Waals surface area contributed by atoms with Crippen LogP contribution in [0, 0.1) is 0 Å². The fourth-order valence-electron chi connectivity index (χ4n) is 1.87. The summed E-state index contributed by atoms with van der Waals surface area (Å²) in [6.07, 6.45) is 1.28. The molecule has 6 nitrogen and oxygen atoms in total. The molecule has 1 aromatic carbocycles. The first-order chi connectivity index (χ1) is 9.95. The molecule has 0 radical (unpaired) electrons. The van der Waals surface area contributed by atoms with Crippen LogP contribution in [-0.2, 0) is 11.3 Å². The summed E-state index contributed by atoms with van der Waals surface area (Å²) in [7, 11) is 0. The number of carbonyl (C=O) groups is 1. The number of aromatic amines is 1. The van der Waals surface area contributed by atoms with Crippen LogP contribution in [0.4, 0.5) is 0 Å². The number of hydrogen-bond donors (Lipinski definition) is 2. The molecule has 0 bridgehead atoms. The van der Waals surface area contributed by atoms with Gasteiger partial charge in [0.05, 0.1) is 6.04 Å². The lowest BCUT2D eigenvalue weighted by molar-refractivity contribution is -0.122. The lowest BCUT2D eigenvalue weighted by atomic mass is 10.1. The second-order valence-corrected chi connectivity index (χ2v) is 5.02. The van der Waals surface area contributed by atoms with Crippen LogP contribution in [0.3, 0.4) is 0 Å². The number of benzene rings is 1. The number of nitrogens with zero attached hydrogens (tertiary/aromatic N) is 1. The van der Waals surface area contributed by atoms with E-state index in [4.69, 9.17) is 11.6 Å². The van der Waals surface area contributed by atoms with Crippen LogP contribution >= 0.6 is 11.6 Å². The molecule has 0 aliphatic heterocycles. The van der Waals surface area contributed by atoms with Crippen molar-refractivity contribution in [3.05, 3.63) is 68.0 Å². The maximum absolute atomic E-state index is 11.9. The van der Waals surface area contributed by atoms with E-state index in [1.54, 1.807) is 18.2 Å². The van der Waals surface area contributed by atoms with Crippen molar-refractivity contribution in [1.29, 1.82) is 0 Å². The van der Waals surface area contributed by atoms with Gasteiger partial charge in [-0.15, -0.1) is 0 Å². The summed E-state index contributed by atoms with van der Waals surface area (Å²) < 4.78 is 1.13. The molecule has 110 valence electrons. The lowest BCUT2D eigenvalue weighted by Crippen LogP contribution is -2.36. The summed E-state index contributed by atoms with van der Waals surface area (Å²) in [5.41, 5.74) is -0.248. The van der Waals surface area contributed by atoms with E-state index >= 15 is 0 Å². The third-order valence-corrected chi connectivity index (χ3v) is 3.17. The smallest absolute Gasteiger partial charge is 0.328 e. The van der Waals surface area contributed by atoms with Crippen molar-refractivity contribution in [2.45, 2.75) is 19.5 Å². The molecule has 0 aliphatic rings. The first-order valence-electron chi connectivity index (χ1n) is 6.30. The zero-order valence-electron chi connectivity index (χ0n) is 11.3. The predicted molar refractivity (Wildman–Crippen MR) is 79.3 cm³/mol. The van der Waals surface area contributed by atoms with Gasteiger partial charge < -0.3 is 5.32 Å². The molecule has 2 aromatic rings. The monoisotopic (exact) mass is 307 g/mol. The molecule has 2 N–H and O–H groups in total. The second-order valence-electron chi connectivity index (χ2n) is 4.58. The van der Waals surface area contributed by atoms with Gasteiger partial charge >= 0.3 is 5.69 Å². The highest BCUT2D eigenvalue weighted by molar-refractivity contribution is 6.30. The van der Waals surface area contributed by atoms with Gasteiger partial charge in [-0.2, -0.15) is 0 Å². The molecule has 7 heteroatoms. The summed E-state index contributed by atoms with van der Waals surface area (Å²) in [6, 6.07) is 8.11. The summed E-state index contributed by atoms with van der Waals surface area (Å²) in [4.78, 5) is 36.4. The Morgan fingerprint density at radius 2 is 2.14 bits per heavy atom. The van der Waals surface area contributed by atoms with Crippen LogP contribution < -0.4 is 16.6 Å². The fourth-order valence-corrected chi connectivity index (χ4v) is 2.07. The zero-order valence-corrected chi connectivity index (χ0v) is 12.1. The first-order valence-corrected chi connectivity index (χ1v) is 6.68. The third kappa shape index (κ3) is 4.06. The minimum Gasteiger partial charge on any atom is -0.348 e. The van der Waals surface area contributed by atoms with Crippen LogP contribution in [-0.4, -0.2) is 15.5 Å². The third-order valence-electron chi connectivity index (χ3n) is 2.94. The number of carbonyl (C=O) groups excluding carboxylic acids is 1. The number of halogens is 1. The van der Waals surface area contributed by atoms with E-state index in [9.17, 15) is 14.4 Å². The Hall–Kier alpha value is -2.34. The predicted octanol–water partition coefficient (Wildman–Crippen LogP) is 1.07. The standard InChI is InChI=1S/C14H14ClN3O3/c1-9(10-3-2-4-11(15)7-10)16-13(20)8-18-6-5-12(19)17-14(18)21/h2-7,9H,8H2,1H3,(H,16,20)(H,17,19,21). The number of nitrogens with one attached hydrogen (secondary N) is 2. The van der Waals surface area contributed by atoms with E-state index in [0.29, 0.717) is 5.02 Å². The summed E-state index contributed by atoms with van der Waals surface area (Å²) in [5.74, 6) is -0.336. The van der Waals surface area contributed by atoms with E-state index in [1.807, 2.05) is 13.0 Å². The van der Waals surface area contributed by atoms with E-state index in [-0.39, 0.29) is 18.5 Å². The molecule has 1 unspecified atom stereocenters. The van der Waals surface area contributed by atoms with Crippen LogP contribution in [0.2, 0.25) is 5.02 Å². The SMILES string of the molecule is CC(NC(=O)Cn1ccc(=O)[nH]c1=O)c1cccc(Cl)c1. The minimum absolute atomic E-state index is 0.166. The average Bonchev–Trinajstić information content (AvgIpc) is 2.42. The van der Waals surface area contributed by atoms with Crippen molar-refractivity contribution in [1.82, 2.24) is 14.9 Å². The first kappa shape index (κ1) is 15.1. The highest BCUT2D eigenvalue weighted by Gasteiger charge is 2.11. The molecule has 0 fully saturated rings. The van der Waals surface area contributed by atoms with Crippen molar-refractivity contribution in [2.24, 2.45) is 0 Å². The van der Waals surface area contributed by atoms with Crippen molar-refractivity contribution < 1.29 is 4.79 Å². The van der Waals surface area contributed by atoms with Gasteiger partial charge in [0.15, 0.2) is 0 Å². The molecule has 1 aromatic heterocycles. The number of amides is 1. The van der Waals surface area contributed by atoms with Crippen molar-refractivity contribution in [3.63, 3.8) is 0 Å². The largest absolute Gasteiger partial charge is 0.348 e. The number of H-pyrrole nitrogens is 1. The van der Waals surface area contributed by atoms with Crippen LogP contribution in [0.15, 0.2) is 46.1 Å². The van der Waals surface area contributed by atoms with Gasteiger partial charge in [-0.05, 0) is 24.6 Å². The van der Waals surface area contributed by atoms with Crippen LogP contribution in [0.25, 0.3) is 0 Å². The quantitative estimate of drug-likeness (QED) is 0.886. The van der Waals surface area contributed by atoms with Crippen LogP contribution in [0.5, 0.6) is 0 Å². The van der Waals surface area contributed by atoms with Gasteiger partial charge in [0.2, 0.25) is 5.91 Å². The molecular formula is C14H14ClN3O3. The van der Waals surface area contributed by atoms with Gasteiger partial charge in [-0.1, -0.05) is 23.7 Å². The molecule has 1 heterocycles. The Kier molecular flexibility index (Phi) is 4.59. The maximum atomic E-state index is 11.9. The van der Waals surface area contributed by atoms with Crippen LogP contribution in [0.1, 0.15) is 18.5 Å². The summed E-state index contributed by atoms with van der Waals surface area (Å²) in [6.45, 7) is 1.65. The lowest BCUT2D eigenvalue weighted by Gasteiger charge is -2.15. The topological polar surface area (TPSA) is 84.0 Å². The van der Waals surface area contributed by atoms with Crippen molar-refractivity contribution >= 4 is 17.5 Å². The highest BCUT2D eigenvalue weighted by atomic mass is 35.5. The van der Waals surface area contributed by atoms with Crippen molar-refractivity contribution in [3.8, 4) is 0 Å². The highest BCUT2D eigenvalue weighted by Crippen LogP contribution is 2.17. The van der Waals surface area contributed by atoms with Gasteiger partial charge in [0.1, 0.15) is 6.54 Å². The molecule has 21 heavy (non-hydrogen) atoms. The van der Waals surface area contributed by atoms with E-state index in [2.05, 4.69) is 10.3 Å². The average molecular weight is 308 g/mol. The van der Waals surface area contributed by atoms with E-state index < -0.39 is 11.2 Å². The Balaban J connectivity index is 2.04. The molecule has 0 spiro atoms. The second kappa shape index (κ2) is 6.41. The Morgan fingerprint density at radius 1 is 1.38 bits per heavy atom. The van der Waals surface area contributed by atoms with Gasteiger partial charge in [0, 0.05) is 17.3 Å². The van der Waals surface area contributed by atoms with E-state index in [0.717, 1.165) is 10.1 Å². The maximum Gasteiger partial charge on any atom is 0.328 e. The molecule has 1 amide bonds. The molecular weight excluding hydrogens is 294 g/mol. The zero-order chi connectivity index (χ0) is 15.4. The minimum atomic E-state index is -0.618. The Labute approximate surface area is 125 Å². The fraction of sp³-hybridized carbons (Fsp3) is 0.214. The van der Waals surface area contributed by atoms with Crippen molar-refractivity contribution in [2.75, 3.05) is 0 Å².